The Labute approximate surface area is 146 Å². The maximum Gasteiger partial charge on any atom is 0.272 e. The van der Waals surface area contributed by atoms with Gasteiger partial charge >= 0.3 is 0 Å². The van der Waals surface area contributed by atoms with Crippen molar-refractivity contribution < 1.29 is 14.0 Å². The van der Waals surface area contributed by atoms with Crippen LogP contribution in [0.4, 0.5) is 4.39 Å². The lowest BCUT2D eigenvalue weighted by molar-refractivity contribution is 0.0715. The molecule has 1 aliphatic rings. The number of aryl methyl sites for hydroxylation is 1. The Balaban J connectivity index is 1.68. The van der Waals surface area contributed by atoms with Crippen LogP contribution >= 0.6 is 0 Å². The molecule has 2 heterocycles. The predicted molar refractivity (Wildman–Crippen MR) is 91.8 cm³/mol. The van der Waals surface area contributed by atoms with Gasteiger partial charge in [-0.1, -0.05) is 6.07 Å². The third kappa shape index (κ3) is 3.84. The number of nitrogens with zero attached hydrogens (tertiary/aromatic N) is 3. The molecule has 1 aliphatic heterocycles. The summed E-state index contributed by atoms with van der Waals surface area (Å²) < 4.78 is 13.4. The van der Waals surface area contributed by atoms with Gasteiger partial charge in [0.25, 0.3) is 11.8 Å². The van der Waals surface area contributed by atoms with Gasteiger partial charge in [0.15, 0.2) is 0 Å². The minimum atomic E-state index is -0.320. The molecule has 5 nitrogen and oxygen atoms in total. The molecule has 25 heavy (non-hydrogen) atoms. The quantitative estimate of drug-likeness (QED) is 0.843. The fourth-order valence-electron chi connectivity index (χ4n) is 2.94. The van der Waals surface area contributed by atoms with Crippen molar-refractivity contribution in [1.82, 2.24) is 14.8 Å². The molecule has 0 radical (unpaired) electrons. The molecular weight excluding hydrogens is 321 g/mol. The molecule has 0 bridgehead atoms. The van der Waals surface area contributed by atoms with Gasteiger partial charge in [-0.15, -0.1) is 0 Å². The number of rotatable bonds is 2. The monoisotopic (exact) mass is 341 g/mol. The van der Waals surface area contributed by atoms with Crippen molar-refractivity contribution in [2.45, 2.75) is 13.3 Å². The largest absolute Gasteiger partial charge is 0.337 e. The van der Waals surface area contributed by atoms with Crippen molar-refractivity contribution >= 4 is 11.8 Å². The summed E-state index contributed by atoms with van der Waals surface area (Å²) in [4.78, 5) is 32.7. The molecule has 0 saturated carbocycles. The van der Waals surface area contributed by atoms with E-state index in [2.05, 4.69) is 4.98 Å². The smallest absolute Gasteiger partial charge is 0.272 e. The summed E-state index contributed by atoms with van der Waals surface area (Å²) in [5.41, 5.74) is 1.34. The summed E-state index contributed by atoms with van der Waals surface area (Å²) in [5, 5.41) is 0. The van der Waals surface area contributed by atoms with E-state index in [4.69, 9.17) is 0 Å². The molecule has 2 amide bonds. The van der Waals surface area contributed by atoms with Crippen LogP contribution in [0.3, 0.4) is 0 Å². The number of pyridine rings is 1. The highest BCUT2D eigenvalue weighted by molar-refractivity contribution is 5.95. The Morgan fingerprint density at radius 2 is 1.72 bits per heavy atom. The van der Waals surface area contributed by atoms with Crippen molar-refractivity contribution in [3.8, 4) is 0 Å². The molecule has 2 aromatic rings. The molecule has 0 unspecified atom stereocenters. The SMILES string of the molecule is Cc1cc(C(=O)N2CCCN(C(=O)c3ccccn3)CC2)ccc1F. The average Bonchev–Trinajstić information content (AvgIpc) is 2.89. The minimum Gasteiger partial charge on any atom is -0.337 e. The van der Waals surface area contributed by atoms with E-state index >= 15 is 0 Å². The van der Waals surface area contributed by atoms with Gasteiger partial charge in [0.1, 0.15) is 11.5 Å². The summed E-state index contributed by atoms with van der Waals surface area (Å²) in [6, 6.07) is 9.63. The Kier molecular flexibility index (Phi) is 5.07. The minimum absolute atomic E-state index is 0.118. The van der Waals surface area contributed by atoms with E-state index < -0.39 is 0 Å². The number of aromatic nitrogens is 1. The maximum atomic E-state index is 13.4. The number of carbonyl (C=O) groups excluding carboxylic acids is 2. The van der Waals surface area contributed by atoms with E-state index in [-0.39, 0.29) is 17.6 Å². The molecule has 1 fully saturated rings. The van der Waals surface area contributed by atoms with Crippen LogP contribution in [0.25, 0.3) is 0 Å². The molecular formula is C19H20FN3O2. The third-order valence-electron chi connectivity index (χ3n) is 4.36. The first-order valence-electron chi connectivity index (χ1n) is 8.32. The van der Waals surface area contributed by atoms with Gasteiger partial charge in [-0.3, -0.25) is 14.6 Å². The van der Waals surface area contributed by atoms with Gasteiger partial charge < -0.3 is 9.80 Å². The van der Waals surface area contributed by atoms with Crippen LogP contribution in [0.15, 0.2) is 42.6 Å². The normalized spacial score (nSPS) is 15.0. The predicted octanol–water partition coefficient (Wildman–Crippen LogP) is 2.52. The Hall–Kier alpha value is -2.76. The highest BCUT2D eigenvalue weighted by Crippen LogP contribution is 2.14. The van der Waals surface area contributed by atoms with Crippen molar-refractivity contribution in [3.63, 3.8) is 0 Å². The standard InChI is InChI=1S/C19H20FN3O2/c1-14-13-15(6-7-16(14)20)18(24)22-9-4-10-23(12-11-22)19(25)17-5-2-3-8-21-17/h2-3,5-8,13H,4,9-12H2,1H3. The van der Waals surface area contributed by atoms with E-state index in [1.165, 1.54) is 12.1 Å². The number of halogens is 1. The van der Waals surface area contributed by atoms with Crippen molar-refractivity contribution in [3.05, 3.63) is 65.2 Å². The summed E-state index contributed by atoms with van der Waals surface area (Å²) in [6.07, 6.45) is 2.29. The lowest BCUT2D eigenvalue weighted by atomic mass is 10.1. The molecule has 0 spiro atoms. The van der Waals surface area contributed by atoms with Gasteiger partial charge in [0, 0.05) is 37.9 Å². The molecule has 3 rings (SSSR count). The van der Waals surface area contributed by atoms with Crippen LogP contribution in [0.1, 0.15) is 32.8 Å². The fourth-order valence-corrected chi connectivity index (χ4v) is 2.94. The first-order valence-corrected chi connectivity index (χ1v) is 8.32. The van der Waals surface area contributed by atoms with Crippen molar-refractivity contribution in [2.75, 3.05) is 26.2 Å². The zero-order valence-corrected chi connectivity index (χ0v) is 14.1. The molecule has 1 aromatic carbocycles. The highest BCUT2D eigenvalue weighted by atomic mass is 19.1. The van der Waals surface area contributed by atoms with Gasteiger partial charge in [0.05, 0.1) is 0 Å². The molecule has 1 aromatic heterocycles. The molecule has 6 heteroatoms. The summed E-state index contributed by atoms with van der Waals surface area (Å²) in [5.74, 6) is -0.567. The summed E-state index contributed by atoms with van der Waals surface area (Å²) in [7, 11) is 0. The zero-order valence-electron chi connectivity index (χ0n) is 14.1. The number of carbonyl (C=O) groups is 2. The summed E-state index contributed by atoms with van der Waals surface area (Å²) >= 11 is 0. The number of hydrogen-bond donors (Lipinski definition) is 0. The van der Waals surface area contributed by atoms with E-state index in [0.29, 0.717) is 49.4 Å². The van der Waals surface area contributed by atoms with Crippen molar-refractivity contribution in [2.24, 2.45) is 0 Å². The van der Waals surface area contributed by atoms with Crippen LogP contribution in [0.2, 0.25) is 0 Å². The lowest BCUT2D eigenvalue weighted by Crippen LogP contribution is -2.37. The molecule has 0 aliphatic carbocycles. The molecule has 0 atom stereocenters. The van der Waals surface area contributed by atoms with Gasteiger partial charge in [0.2, 0.25) is 0 Å². The Morgan fingerprint density at radius 3 is 2.36 bits per heavy atom. The second kappa shape index (κ2) is 7.42. The van der Waals surface area contributed by atoms with Crippen LogP contribution in [0.5, 0.6) is 0 Å². The van der Waals surface area contributed by atoms with E-state index in [9.17, 15) is 14.0 Å². The number of benzene rings is 1. The third-order valence-corrected chi connectivity index (χ3v) is 4.36. The Morgan fingerprint density at radius 1 is 1.00 bits per heavy atom. The first-order chi connectivity index (χ1) is 12.1. The van der Waals surface area contributed by atoms with Gasteiger partial charge in [-0.05, 0) is 49.2 Å². The second-order valence-corrected chi connectivity index (χ2v) is 6.12. The van der Waals surface area contributed by atoms with E-state index in [1.807, 2.05) is 0 Å². The second-order valence-electron chi connectivity index (χ2n) is 6.12. The molecule has 130 valence electrons. The molecule has 1 saturated heterocycles. The Bertz CT molecular complexity index is 779. The lowest BCUT2D eigenvalue weighted by Gasteiger charge is -2.22. The maximum absolute atomic E-state index is 13.4. The van der Waals surface area contributed by atoms with Gasteiger partial charge in [-0.2, -0.15) is 0 Å². The van der Waals surface area contributed by atoms with Crippen LogP contribution < -0.4 is 0 Å². The summed E-state index contributed by atoms with van der Waals surface area (Å²) in [6.45, 7) is 3.71. The first kappa shape index (κ1) is 17.1. The van der Waals surface area contributed by atoms with Crippen LogP contribution in [-0.2, 0) is 0 Å². The average molecular weight is 341 g/mol. The highest BCUT2D eigenvalue weighted by Gasteiger charge is 2.24. The van der Waals surface area contributed by atoms with E-state index in [0.717, 1.165) is 0 Å². The van der Waals surface area contributed by atoms with Gasteiger partial charge in [-0.25, -0.2) is 4.39 Å². The molecule has 0 N–H and O–H groups in total. The van der Waals surface area contributed by atoms with Crippen LogP contribution in [0, 0.1) is 12.7 Å². The number of hydrogen-bond acceptors (Lipinski definition) is 3. The fraction of sp³-hybridized carbons (Fsp3) is 0.316. The number of amides is 2. The topological polar surface area (TPSA) is 53.5 Å². The zero-order chi connectivity index (χ0) is 17.8. The van der Waals surface area contributed by atoms with Crippen molar-refractivity contribution in [1.29, 1.82) is 0 Å². The van der Waals surface area contributed by atoms with Crippen LogP contribution in [-0.4, -0.2) is 52.8 Å². The van der Waals surface area contributed by atoms with E-state index in [1.54, 1.807) is 47.2 Å².